The van der Waals surface area contributed by atoms with Gasteiger partial charge >= 0.3 is 5.51 Å². The Bertz CT molecular complexity index is 2810. The third-order valence-electron chi connectivity index (χ3n) is 9.78. The van der Waals surface area contributed by atoms with Crippen LogP contribution in [0.25, 0.3) is 0 Å². The summed E-state index contributed by atoms with van der Waals surface area (Å²) in [6.45, 7) is 8.83. The number of halogens is 7. The lowest BCUT2D eigenvalue weighted by atomic mass is 9.91. The molecular formula is C45H37Cl2F5N6O6S. The number of aliphatic hydroxyl groups is 1. The maximum atomic E-state index is 13.5. The summed E-state index contributed by atoms with van der Waals surface area (Å²) >= 11 is 12.5. The van der Waals surface area contributed by atoms with Gasteiger partial charge in [0.25, 0.3) is 0 Å². The van der Waals surface area contributed by atoms with E-state index in [1.54, 1.807) is 65.8 Å². The molecule has 2 aliphatic rings. The summed E-state index contributed by atoms with van der Waals surface area (Å²) in [6.07, 6.45) is 9.86. The molecule has 0 spiro atoms. The van der Waals surface area contributed by atoms with Gasteiger partial charge in [0.15, 0.2) is 21.4 Å². The number of hydrogen-bond donors (Lipinski definition) is 1. The molecule has 0 radical (unpaired) electrons. The highest BCUT2D eigenvalue weighted by atomic mass is 35.5. The summed E-state index contributed by atoms with van der Waals surface area (Å²) in [6, 6.07) is 31.3. The normalized spacial score (nSPS) is 19.3. The van der Waals surface area contributed by atoms with Gasteiger partial charge in [-0.1, -0.05) is 103 Å². The predicted molar refractivity (Wildman–Crippen MR) is 226 cm³/mol. The van der Waals surface area contributed by atoms with Crippen LogP contribution < -0.4 is 4.57 Å². The molecule has 0 amide bonds. The number of aromatic nitrogens is 4. The Morgan fingerprint density at radius 2 is 1.34 bits per heavy atom. The van der Waals surface area contributed by atoms with E-state index in [-0.39, 0.29) is 30.4 Å². The molecule has 2 saturated heterocycles. The third-order valence-corrected chi connectivity index (χ3v) is 11.0. The maximum absolute atomic E-state index is 13.5. The van der Waals surface area contributed by atoms with Gasteiger partial charge in [0.2, 0.25) is 12.0 Å². The average molecular weight is 956 g/mol. The van der Waals surface area contributed by atoms with Crippen molar-refractivity contribution >= 4 is 33.3 Å². The smallest absolute Gasteiger partial charge is 0.485 e. The quantitative estimate of drug-likeness (QED) is 0.0332. The van der Waals surface area contributed by atoms with E-state index in [4.69, 9.17) is 50.9 Å². The molecule has 0 aliphatic carbocycles. The van der Waals surface area contributed by atoms with E-state index >= 15 is 0 Å². The number of ether oxygens (including phenoxy) is 2. The molecule has 6 aromatic rings. The van der Waals surface area contributed by atoms with Crippen molar-refractivity contribution in [1.82, 2.24) is 14.1 Å². The van der Waals surface area contributed by atoms with Crippen molar-refractivity contribution in [2.45, 2.75) is 48.6 Å². The monoisotopic (exact) mass is 954 g/mol. The van der Waals surface area contributed by atoms with Gasteiger partial charge < -0.3 is 23.7 Å². The highest BCUT2D eigenvalue weighted by Crippen LogP contribution is 2.60. The zero-order chi connectivity index (χ0) is 47.6. The van der Waals surface area contributed by atoms with Crippen molar-refractivity contribution in [1.29, 1.82) is 10.5 Å². The molecule has 4 aromatic carbocycles. The number of benzene rings is 4. The summed E-state index contributed by atoms with van der Waals surface area (Å²) in [4.78, 5) is 3.81. The molecule has 20 heteroatoms. The summed E-state index contributed by atoms with van der Waals surface area (Å²) in [5.41, 5.74) is -2.92. The molecule has 1 N–H and O–H groups in total. The van der Waals surface area contributed by atoms with Crippen LogP contribution in [0.2, 0.25) is 10.0 Å². The lowest BCUT2D eigenvalue weighted by Crippen LogP contribution is -2.30. The minimum Gasteiger partial charge on any atom is -0.741 e. The van der Waals surface area contributed by atoms with Crippen LogP contribution in [0, 0.1) is 34.3 Å². The largest absolute Gasteiger partial charge is 0.741 e. The first-order valence-electron chi connectivity index (χ1n) is 19.0. The Kier molecular flexibility index (Phi) is 16.2. The zero-order valence-electron chi connectivity index (χ0n) is 33.8. The fraction of sp³-hybridized carbons (Fsp3) is 0.200. The Hall–Kier alpha value is -6.22. The lowest BCUT2D eigenvalue weighted by molar-refractivity contribution is -0.686. The summed E-state index contributed by atoms with van der Waals surface area (Å²) in [5, 5.41) is 28.8. The van der Waals surface area contributed by atoms with Crippen LogP contribution in [0.1, 0.15) is 45.8 Å². The first kappa shape index (κ1) is 49.8. The molecule has 2 fully saturated rings. The number of allylic oxidation sites excluding steroid dienone is 2. The highest BCUT2D eigenvalue weighted by molar-refractivity contribution is 7.86. The molecule has 2 aromatic heterocycles. The molecular weight excluding hydrogens is 918 g/mol. The Labute approximate surface area is 380 Å². The van der Waals surface area contributed by atoms with Gasteiger partial charge in [-0.25, -0.2) is 31.3 Å². The Balaban J connectivity index is 0.000000184. The molecule has 338 valence electrons. The standard InChI is InChI=1S/C22H18ClFN3O.C15H12ClFO2.C7H7N3.CHF3O3S/c1-2-11-26-13-18(12-25)27(15-26)14-22(16-7-9-17(24)10-8-16)21(28-22)19-5-3-4-6-20(19)23;16-13-4-2-1-3-12(13)14-15(9-18,19-14)10-5-7-11(17)8-6-10;1-2-3-10-5-7(4-8)9-6-10;2-1(3,4)8(5,6)7/h2-10,13,15,21H,1,11,14H2;1-8,14,18H,9H2;2,5-6H,1,3H2;(H,5,6,7)/q+1;;;/p-1. The number of alkyl halides is 3. The second-order valence-electron chi connectivity index (χ2n) is 14.1. The van der Waals surface area contributed by atoms with Crippen molar-refractivity contribution in [2.75, 3.05) is 6.61 Å². The molecule has 12 nitrogen and oxygen atoms in total. The number of aliphatic hydroxyl groups excluding tert-OH is 1. The SMILES string of the molecule is C=CC[n+]1cc(C#N)n(CC2(c3ccc(F)cc3)OC2c2ccccc2Cl)c1.C=CCn1cnc(C#N)c1.O=S(=O)([O-])C(F)(F)F.OCC1(c2ccc(F)cc2)OC1c1ccccc1Cl. The molecule has 4 atom stereocenters. The summed E-state index contributed by atoms with van der Waals surface area (Å²) in [5.74, 6) is -0.622. The first-order chi connectivity index (χ1) is 30.9. The van der Waals surface area contributed by atoms with E-state index in [2.05, 4.69) is 24.2 Å². The number of epoxide rings is 2. The van der Waals surface area contributed by atoms with Crippen LogP contribution in [-0.4, -0.2) is 44.3 Å². The Morgan fingerprint density at radius 3 is 1.77 bits per heavy atom. The number of imidazole rings is 2. The highest BCUT2D eigenvalue weighted by Gasteiger charge is 2.61. The van der Waals surface area contributed by atoms with Crippen LogP contribution in [-0.2, 0) is 50.4 Å². The Morgan fingerprint density at radius 1 is 0.846 bits per heavy atom. The van der Waals surface area contributed by atoms with Crippen LogP contribution in [0.5, 0.6) is 0 Å². The van der Waals surface area contributed by atoms with Crippen molar-refractivity contribution in [3.8, 4) is 12.1 Å². The zero-order valence-corrected chi connectivity index (χ0v) is 36.2. The first-order valence-corrected chi connectivity index (χ1v) is 21.1. The topological polar surface area (TPSA) is 177 Å². The van der Waals surface area contributed by atoms with E-state index in [1.165, 1.54) is 24.3 Å². The van der Waals surface area contributed by atoms with Gasteiger partial charge in [0.1, 0.15) is 60.9 Å². The van der Waals surface area contributed by atoms with Crippen LogP contribution in [0.15, 0.2) is 147 Å². The molecule has 4 heterocycles. The van der Waals surface area contributed by atoms with Crippen LogP contribution >= 0.6 is 23.2 Å². The maximum Gasteiger partial charge on any atom is 0.485 e. The summed E-state index contributed by atoms with van der Waals surface area (Å²) < 4.78 is 103. The van der Waals surface area contributed by atoms with Crippen LogP contribution in [0.3, 0.4) is 0 Å². The van der Waals surface area contributed by atoms with Crippen molar-refractivity contribution in [3.63, 3.8) is 0 Å². The molecule has 65 heavy (non-hydrogen) atoms. The van der Waals surface area contributed by atoms with Gasteiger partial charge in [-0.3, -0.25) is 0 Å². The van der Waals surface area contributed by atoms with Crippen molar-refractivity contribution in [3.05, 3.63) is 203 Å². The van der Waals surface area contributed by atoms with E-state index < -0.39 is 26.8 Å². The van der Waals surface area contributed by atoms with E-state index in [0.29, 0.717) is 41.1 Å². The minimum atomic E-state index is -6.09. The predicted octanol–water partition coefficient (Wildman–Crippen LogP) is 8.72. The second-order valence-corrected chi connectivity index (χ2v) is 16.3. The molecule has 8 rings (SSSR count). The third kappa shape index (κ3) is 12.1. The second kappa shape index (κ2) is 21.2. The van der Waals surface area contributed by atoms with Gasteiger partial charge in [-0.15, -0.1) is 6.58 Å². The molecule has 0 bridgehead atoms. The van der Waals surface area contributed by atoms with E-state index in [1.807, 2.05) is 64.0 Å². The van der Waals surface area contributed by atoms with Gasteiger partial charge in [-0.2, -0.15) is 23.7 Å². The number of nitrogens with zero attached hydrogens (tertiary/aromatic N) is 6. The number of nitriles is 2. The van der Waals surface area contributed by atoms with Crippen molar-refractivity contribution < 1.29 is 54.1 Å². The molecule has 2 aliphatic heterocycles. The van der Waals surface area contributed by atoms with Crippen LogP contribution in [0.4, 0.5) is 22.0 Å². The average Bonchev–Trinajstić information content (AvgIpc) is 4.07. The lowest BCUT2D eigenvalue weighted by Gasteiger charge is -2.13. The van der Waals surface area contributed by atoms with Gasteiger partial charge in [0.05, 0.1) is 12.9 Å². The summed E-state index contributed by atoms with van der Waals surface area (Å²) in [7, 11) is -6.09. The van der Waals surface area contributed by atoms with Crippen molar-refractivity contribution in [2.24, 2.45) is 0 Å². The fourth-order valence-electron chi connectivity index (χ4n) is 6.58. The van der Waals surface area contributed by atoms with Gasteiger partial charge in [-0.05, 0) is 47.5 Å². The van der Waals surface area contributed by atoms with E-state index in [9.17, 15) is 32.3 Å². The minimum absolute atomic E-state index is 0.172. The molecule has 0 saturated carbocycles. The number of hydrogen-bond acceptors (Lipinski definition) is 9. The number of rotatable bonds is 11. The fourth-order valence-corrected chi connectivity index (χ4v) is 7.05. The molecule has 4 unspecified atom stereocenters. The van der Waals surface area contributed by atoms with E-state index in [0.717, 1.165) is 22.3 Å². The van der Waals surface area contributed by atoms with Gasteiger partial charge in [0, 0.05) is 33.9 Å².